The van der Waals surface area contributed by atoms with Crippen LogP contribution < -0.4 is 4.73 Å². The molecule has 9 heavy (non-hydrogen) atoms. The summed E-state index contributed by atoms with van der Waals surface area (Å²) in [6.07, 6.45) is 2.85. The van der Waals surface area contributed by atoms with Crippen LogP contribution in [0.4, 0.5) is 0 Å². The Kier molecular flexibility index (Phi) is 4.22. The summed E-state index contributed by atoms with van der Waals surface area (Å²) in [6, 6.07) is 1.55. The first-order valence-corrected chi connectivity index (χ1v) is 2.48. The van der Waals surface area contributed by atoms with Gasteiger partial charge in [0.25, 0.3) is 0 Å². The standard InChI is InChI=1S/C4H4N2OS.Na.H/c7-6-3-1-2-5-4(6)8;;/h1-3H,(H,5,8);;. The molecule has 0 spiro atoms. The Morgan fingerprint density at radius 1 is 1.67 bits per heavy atom. The van der Waals surface area contributed by atoms with Crippen LogP contribution in [0.1, 0.15) is 0 Å². The largest absolute Gasteiger partial charge is 0.710 e. The van der Waals surface area contributed by atoms with Gasteiger partial charge in [0.1, 0.15) is 6.20 Å². The summed E-state index contributed by atoms with van der Waals surface area (Å²) in [7, 11) is 0. The van der Waals surface area contributed by atoms with Crippen molar-refractivity contribution in [2.45, 2.75) is 5.16 Å². The smallest absolute Gasteiger partial charge is 0.359 e. The fourth-order valence-corrected chi connectivity index (χ4v) is 0.483. The first-order chi connectivity index (χ1) is 3.80. The summed E-state index contributed by atoms with van der Waals surface area (Å²) < 4.78 is 0.586. The zero-order valence-corrected chi connectivity index (χ0v) is 4.88. The zero-order chi connectivity index (χ0) is 5.98. The fraction of sp³-hybridized carbons (Fsp3) is 0. The molecule has 0 aliphatic carbocycles. The third-order valence-corrected chi connectivity index (χ3v) is 1.01. The van der Waals surface area contributed by atoms with Gasteiger partial charge >= 0.3 is 34.7 Å². The van der Waals surface area contributed by atoms with Crippen molar-refractivity contribution in [1.29, 1.82) is 0 Å². The van der Waals surface area contributed by atoms with Crippen LogP contribution in [-0.2, 0) is 0 Å². The van der Waals surface area contributed by atoms with E-state index in [1.807, 2.05) is 0 Å². The fourth-order valence-electron chi connectivity index (χ4n) is 0.350. The Morgan fingerprint density at radius 3 is 2.67 bits per heavy atom. The predicted molar refractivity (Wildman–Crippen MR) is 37.6 cm³/mol. The van der Waals surface area contributed by atoms with Crippen molar-refractivity contribution in [1.82, 2.24) is 4.98 Å². The van der Waals surface area contributed by atoms with Gasteiger partial charge in [0.05, 0.1) is 6.20 Å². The van der Waals surface area contributed by atoms with Crippen LogP contribution in [0.3, 0.4) is 0 Å². The number of nitrogens with zero attached hydrogens (tertiary/aromatic N) is 2. The molecule has 3 nitrogen and oxygen atoms in total. The minimum Gasteiger partial charge on any atom is -0.710 e. The Morgan fingerprint density at radius 2 is 2.33 bits per heavy atom. The van der Waals surface area contributed by atoms with E-state index in [1.165, 1.54) is 12.4 Å². The van der Waals surface area contributed by atoms with E-state index in [2.05, 4.69) is 17.6 Å². The first-order valence-electron chi connectivity index (χ1n) is 2.04. The summed E-state index contributed by atoms with van der Waals surface area (Å²) in [6.45, 7) is 0. The summed E-state index contributed by atoms with van der Waals surface area (Å²) in [5.74, 6) is 0. The molecule has 0 saturated heterocycles. The van der Waals surface area contributed by atoms with Crippen molar-refractivity contribution in [3.8, 4) is 0 Å². The van der Waals surface area contributed by atoms with Crippen molar-refractivity contribution >= 4 is 42.2 Å². The second kappa shape index (κ2) is 4.11. The van der Waals surface area contributed by atoms with Crippen LogP contribution in [0.2, 0.25) is 0 Å². The molecule has 0 radical (unpaired) electrons. The average Bonchev–Trinajstić information content (AvgIpc) is 1.77. The molecule has 1 aromatic rings. The second-order valence-corrected chi connectivity index (χ2v) is 1.65. The zero-order valence-electron chi connectivity index (χ0n) is 3.98. The van der Waals surface area contributed by atoms with E-state index >= 15 is 0 Å². The summed E-state index contributed by atoms with van der Waals surface area (Å²) >= 11 is 3.74. The monoisotopic (exact) mass is 152 g/mol. The van der Waals surface area contributed by atoms with Crippen molar-refractivity contribution in [2.24, 2.45) is 0 Å². The van der Waals surface area contributed by atoms with E-state index < -0.39 is 0 Å². The number of hydrogen-bond acceptors (Lipinski definition) is 3. The van der Waals surface area contributed by atoms with Crippen molar-refractivity contribution in [3.63, 3.8) is 0 Å². The maximum atomic E-state index is 10.4. The number of aromatic nitrogens is 2. The maximum absolute atomic E-state index is 10.4. The van der Waals surface area contributed by atoms with E-state index in [9.17, 15) is 5.21 Å². The molecular weight excluding hydrogens is 147 g/mol. The molecule has 0 fully saturated rings. The van der Waals surface area contributed by atoms with E-state index in [0.29, 0.717) is 4.73 Å². The quantitative estimate of drug-likeness (QED) is 0.176. The van der Waals surface area contributed by atoms with E-state index in [1.54, 1.807) is 6.07 Å². The van der Waals surface area contributed by atoms with Crippen LogP contribution in [0.15, 0.2) is 23.6 Å². The van der Waals surface area contributed by atoms with Crippen molar-refractivity contribution in [2.75, 3.05) is 0 Å². The second-order valence-electron chi connectivity index (χ2n) is 1.25. The van der Waals surface area contributed by atoms with Gasteiger partial charge in [-0.25, -0.2) is 4.73 Å². The molecule has 0 saturated carbocycles. The maximum Gasteiger partial charge on any atom is 0.359 e. The van der Waals surface area contributed by atoms with Gasteiger partial charge in [-0.15, -0.1) is 0 Å². The minimum atomic E-state index is 0. The Bertz CT molecular complexity index is 175. The van der Waals surface area contributed by atoms with Gasteiger partial charge in [-0.2, -0.15) is 0 Å². The van der Waals surface area contributed by atoms with Crippen LogP contribution in [-0.4, -0.2) is 34.5 Å². The van der Waals surface area contributed by atoms with Crippen LogP contribution >= 0.6 is 12.6 Å². The number of rotatable bonds is 0. The molecule has 0 atom stereocenters. The molecule has 0 aliphatic heterocycles. The van der Waals surface area contributed by atoms with Gasteiger partial charge in [0.15, 0.2) is 0 Å². The number of hydrogen-bond donors (Lipinski definition) is 1. The number of thiol groups is 1. The normalized spacial score (nSPS) is 8.11. The summed E-state index contributed by atoms with van der Waals surface area (Å²) in [5.41, 5.74) is 0. The van der Waals surface area contributed by atoms with Crippen LogP contribution in [0.5, 0.6) is 0 Å². The van der Waals surface area contributed by atoms with Gasteiger partial charge in [-0.05, 0) is 4.98 Å². The van der Waals surface area contributed by atoms with E-state index in [-0.39, 0.29) is 34.7 Å². The molecule has 0 bridgehead atoms. The minimum absolute atomic E-state index is 0. The molecule has 1 heterocycles. The molecule has 1 rings (SSSR count). The molecule has 5 heteroatoms. The average molecular weight is 152 g/mol. The summed E-state index contributed by atoms with van der Waals surface area (Å²) in [4.78, 5) is 3.59. The molecule has 0 amide bonds. The molecular formula is C4H5N2NaOS. The third kappa shape index (κ3) is 2.53. The summed E-state index contributed by atoms with van der Waals surface area (Å²) in [5, 5.41) is 10.6. The molecule has 44 valence electrons. The molecule has 0 N–H and O–H groups in total. The molecule has 0 aromatic carbocycles. The SMILES string of the molecule is [NaH].[O-][n+]1cccnc1S. The van der Waals surface area contributed by atoms with Gasteiger partial charge in [-0.3, -0.25) is 0 Å². The van der Waals surface area contributed by atoms with Gasteiger partial charge < -0.3 is 5.21 Å². The predicted octanol–water partition coefficient (Wildman–Crippen LogP) is -0.645. The topological polar surface area (TPSA) is 39.8 Å². The Balaban J connectivity index is 0.000000640. The first kappa shape index (κ1) is 9.23. The Hall–Kier alpha value is 0.230. The van der Waals surface area contributed by atoms with Crippen molar-refractivity contribution in [3.05, 3.63) is 23.7 Å². The van der Waals surface area contributed by atoms with Crippen LogP contribution in [0, 0.1) is 5.21 Å². The van der Waals surface area contributed by atoms with E-state index in [4.69, 9.17) is 0 Å². The van der Waals surface area contributed by atoms with E-state index in [0.717, 1.165) is 0 Å². The van der Waals surface area contributed by atoms with Gasteiger partial charge in [-0.1, -0.05) is 12.6 Å². The van der Waals surface area contributed by atoms with Gasteiger partial charge in [0.2, 0.25) is 0 Å². The Labute approximate surface area is 80.4 Å². The molecule has 0 aliphatic rings. The third-order valence-electron chi connectivity index (χ3n) is 0.695. The molecule has 0 unspecified atom stereocenters. The van der Waals surface area contributed by atoms with Gasteiger partial charge in [0, 0.05) is 6.07 Å². The van der Waals surface area contributed by atoms with Crippen molar-refractivity contribution < 1.29 is 4.73 Å². The molecule has 1 aromatic heterocycles. The van der Waals surface area contributed by atoms with Crippen LogP contribution in [0.25, 0.3) is 0 Å².